The van der Waals surface area contributed by atoms with Gasteiger partial charge in [-0.1, -0.05) is 23.9 Å². The van der Waals surface area contributed by atoms with E-state index in [9.17, 15) is 9.59 Å². The van der Waals surface area contributed by atoms with Crippen molar-refractivity contribution >= 4 is 28.6 Å². The van der Waals surface area contributed by atoms with Crippen molar-refractivity contribution in [1.29, 1.82) is 0 Å². The third-order valence-corrected chi connectivity index (χ3v) is 3.45. The van der Waals surface area contributed by atoms with Gasteiger partial charge in [-0.3, -0.25) is 14.2 Å². The molecule has 100 valence electrons. The summed E-state index contributed by atoms with van der Waals surface area (Å²) in [6.45, 7) is 0.277. The van der Waals surface area contributed by atoms with Crippen molar-refractivity contribution in [1.82, 2.24) is 9.55 Å². The Bertz CT molecular complexity index is 666. The largest absolute Gasteiger partial charge is 0.469 e. The molecular formula is C13H14N2O3S. The van der Waals surface area contributed by atoms with Crippen molar-refractivity contribution in [2.45, 2.75) is 18.1 Å². The molecule has 2 rings (SSSR count). The quantitative estimate of drug-likeness (QED) is 0.484. The van der Waals surface area contributed by atoms with Crippen LogP contribution in [-0.2, 0) is 16.1 Å². The Labute approximate surface area is 114 Å². The fourth-order valence-electron chi connectivity index (χ4n) is 1.81. The van der Waals surface area contributed by atoms with Gasteiger partial charge in [0, 0.05) is 6.54 Å². The molecule has 0 amide bonds. The van der Waals surface area contributed by atoms with Crippen molar-refractivity contribution in [3.05, 3.63) is 34.6 Å². The van der Waals surface area contributed by atoms with Gasteiger partial charge < -0.3 is 4.74 Å². The Morgan fingerprint density at radius 1 is 1.42 bits per heavy atom. The summed E-state index contributed by atoms with van der Waals surface area (Å²) in [5.41, 5.74) is 0.546. The van der Waals surface area contributed by atoms with Crippen LogP contribution < -0.4 is 5.56 Å². The van der Waals surface area contributed by atoms with Gasteiger partial charge in [-0.2, -0.15) is 0 Å². The number of hydrogen-bond acceptors (Lipinski definition) is 5. The number of nitrogens with zero attached hydrogens (tertiary/aromatic N) is 2. The first kappa shape index (κ1) is 13.6. The molecular weight excluding hydrogens is 264 g/mol. The molecule has 0 bridgehead atoms. The number of esters is 1. The van der Waals surface area contributed by atoms with Gasteiger partial charge in [0.25, 0.3) is 5.56 Å². The van der Waals surface area contributed by atoms with E-state index >= 15 is 0 Å². The Morgan fingerprint density at radius 2 is 2.16 bits per heavy atom. The Morgan fingerprint density at radius 3 is 2.84 bits per heavy atom. The van der Waals surface area contributed by atoms with E-state index in [1.807, 2.05) is 12.3 Å². The van der Waals surface area contributed by atoms with Crippen molar-refractivity contribution in [3.63, 3.8) is 0 Å². The molecule has 1 aromatic carbocycles. The molecule has 0 saturated carbocycles. The van der Waals surface area contributed by atoms with E-state index in [-0.39, 0.29) is 24.5 Å². The molecule has 0 saturated heterocycles. The summed E-state index contributed by atoms with van der Waals surface area (Å²) in [6, 6.07) is 7.19. The van der Waals surface area contributed by atoms with Crippen LogP contribution in [0.25, 0.3) is 10.9 Å². The summed E-state index contributed by atoms with van der Waals surface area (Å²) in [5, 5.41) is 1.16. The van der Waals surface area contributed by atoms with Gasteiger partial charge >= 0.3 is 5.97 Å². The summed E-state index contributed by atoms with van der Waals surface area (Å²) in [4.78, 5) is 28.0. The molecule has 6 heteroatoms. The van der Waals surface area contributed by atoms with Gasteiger partial charge in [-0.05, 0) is 18.4 Å². The Kier molecular flexibility index (Phi) is 4.21. The first-order valence-corrected chi connectivity index (χ1v) is 7.00. The Balaban J connectivity index is 2.49. The number of ether oxygens (including phenoxy) is 1. The third-order valence-electron chi connectivity index (χ3n) is 2.78. The number of hydrogen-bond donors (Lipinski definition) is 0. The van der Waals surface area contributed by atoms with E-state index in [4.69, 9.17) is 0 Å². The number of fused-ring (bicyclic) bond motifs is 1. The van der Waals surface area contributed by atoms with Crippen LogP contribution in [0.1, 0.15) is 6.42 Å². The molecule has 0 aliphatic heterocycles. The maximum Gasteiger partial charge on any atom is 0.307 e. The average molecular weight is 278 g/mol. The van der Waals surface area contributed by atoms with E-state index < -0.39 is 0 Å². The van der Waals surface area contributed by atoms with Gasteiger partial charge in [0.2, 0.25) is 0 Å². The van der Waals surface area contributed by atoms with Gasteiger partial charge in [0.1, 0.15) is 0 Å². The van der Waals surface area contributed by atoms with E-state index in [0.29, 0.717) is 16.1 Å². The SMILES string of the molecule is COC(=O)CCn1c(SC)nc2ccccc2c1=O. The topological polar surface area (TPSA) is 61.2 Å². The molecule has 0 N–H and O–H groups in total. The van der Waals surface area contributed by atoms with E-state index in [1.165, 1.54) is 23.4 Å². The monoisotopic (exact) mass is 278 g/mol. The summed E-state index contributed by atoms with van der Waals surface area (Å²) >= 11 is 1.38. The molecule has 0 radical (unpaired) electrons. The predicted molar refractivity (Wildman–Crippen MR) is 74.4 cm³/mol. The fraction of sp³-hybridized carbons (Fsp3) is 0.308. The number of carbonyl (C=O) groups excluding carboxylic acids is 1. The van der Waals surface area contributed by atoms with Crippen molar-refractivity contribution in [2.75, 3.05) is 13.4 Å². The lowest BCUT2D eigenvalue weighted by molar-refractivity contribution is -0.140. The lowest BCUT2D eigenvalue weighted by atomic mass is 10.2. The molecule has 0 atom stereocenters. The number of thioether (sulfide) groups is 1. The lowest BCUT2D eigenvalue weighted by Crippen LogP contribution is -2.24. The number of methoxy groups -OCH3 is 1. The molecule has 1 heterocycles. The van der Waals surface area contributed by atoms with Gasteiger partial charge in [0.15, 0.2) is 5.16 Å². The highest BCUT2D eigenvalue weighted by atomic mass is 32.2. The van der Waals surface area contributed by atoms with Crippen molar-refractivity contribution < 1.29 is 9.53 Å². The molecule has 19 heavy (non-hydrogen) atoms. The molecule has 0 aliphatic carbocycles. The van der Waals surface area contributed by atoms with Crippen LogP contribution in [0.2, 0.25) is 0 Å². The molecule has 0 unspecified atom stereocenters. The van der Waals surface area contributed by atoms with Crippen LogP contribution in [0.4, 0.5) is 0 Å². The summed E-state index contributed by atoms with van der Waals surface area (Å²) in [5.74, 6) is -0.341. The van der Waals surface area contributed by atoms with Gasteiger partial charge in [-0.15, -0.1) is 0 Å². The minimum absolute atomic E-state index is 0.126. The number of aromatic nitrogens is 2. The maximum absolute atomic E-state index is 12.4. The highest BCUT2D eigenvalue weighted by Gasteiger charge is 2.11. The smallest absolute Gasteiger partial charge is 0.307 e. The van der Waals surface area contributed by atoms with Crippen LogP contribution in [-0.4, -0.2) is 28.9 Å². The third kappa shape index (κ3) is 2.78. The summed E-state index contributed by atoms with van der Waals surface area (Å²) < 4.78 is 6.11. The first-order chi connectivity index (χ1) is 9.17. The molecule has 2 aromatic rings. The lowest BCUT2D eigenvalue weighted by Gasteiger charge is -2.10. The average Bonchev–Trinajstić information content (AvgIpc) is 2.45. The molecule has 1 aromatic heterocycles. The zero-order valence-electron chi connectivity index (χ0n) is 10.8. The minimum atomic E-state index is -0.341. The number of carbonyl (C=O) groups is 1. The Hall–Kier alpha value is -1.82. The predicted octanol–water partition coefficient (Wildman–Crippen LogP) is 1.68. The van der Waals surface area contributed by atoms with Crippen molar-refractivity contribution in [2.24, 2.45) is 0 Å². The summed E-state index contributed by atoms with van der Waals surface area (Å²) in [7, 11) is 1.33. The van der Waals surface area contributed by atoms with Crippen molar-refractivity contribution in [3.8, 4) is 0 Å². The molecule has 0 spiro atoms. The number of rotatable bonds is 4. The minimum Gasteiger partial charge on any atom is -0.469 e. The second kappa shape index (κ2) is 5.88. The normalized spacial score (nSPS) is 10.6. The zero-order chi connectivity index (χ0) is 13.8. The van der Waals surface area contributed by atoms with E-state index in [2.05, 4.69) is 9.72 Å². The van der Waals surface area contributed by atoms with Crippen LogP contribution in [0.5, 0.6) is 0 Å². The second-order valence-electron chi connectivity index (χ2n) is 3.90. The van der Waals surface area contributed by atoms with Crippen LogP contribution in [0.15, 0.2) is 34.2 Å². The molecule has 0 aliphatic rings. The first-order valence-electron chi connectivity index (χ1n) is 5.77. The number of para-hydroxylation sites is 1. The van der Waals surface area contributed by atoms with Gasteiger partial charge in [0.05, 0.1) is 24.4 Å². The van der Waals surface area contributed by atoms with Crippen LogP contribution in [0.3, 0.4) is 0 Å². The highest BCUT2D eigenvalue weighted by Crippen LogP contribution is 2.15. The standard InChI is InChI=1S/C13H14N2O3S/c1-18-11(16)7-8-15-12(17)9-5-3-4-6-10(9)14-13(15)19-2/h3-6H,7-8H2,1-2H3. The van der Waals surface area contributed by atoms with Gasteiger partial charge in [-0.25, -0.2) is 4.98 Å². The van der Waals surface area contributed by atoms with Crippen LogP contribution >= 0.6 is 11.8 Å². The zero-order valence-corrected chi connectivity index (χ0v) is 11.6. The number of benzene rings is 1. The molecule has 5 nitrogen and oxygen atoms in total. The molecule has 0 fully saturated rings. The fourth-order valence-corrected chi connectivity index (χ4v) is 2.39. The van der Waals surface area contributed by atoms with E-state index in [0.717, 1.165) is 0 Å². The highest BCUT2D eigenvalue weighted by molar-refractivity contribution is 7.98. The summed E-state index contributed by atoms with van der Waals surface area (Å²) in [6.07, 6.45) is 2.01. The maximum atomic E-state index is 12.4. The van der Waals surface area contributed by atoms with Crippen LogP contribution in [0, 0.1) is 0 Å². The second-order valence-corrected chi connectivity index (χ2v) is 4.67. The van der Waals surface area contributed by atoms with E-state index in [1.54, 1.807) is 18.2 Å².